The predicted molar refractivity (Wildman–Crippen MR) is 81.1 cm³/mol. The SMILES string of the molecule is CCCNC(=O)CN(CCC)S(=O)(=O)c1c(Br)nnn1C. The Balaban J connectivity index is 3.01. The standard InChI is InChI=1S/C11H20BrN5O3S/c1-4-6-13-9(18)8-17(7-5-2)21(19,20)11-10(12)14-15-16(11)3/h4-8H2,1-3H3,(H,13,18). The van der Waals surface area contributed by atoms with Crippen LogP contribution in [0.25, 0.3) is 0 Å². The number of aryl methyl sites for hydroxylation is 1. The molecule has 10 heteroatoms. The van der Waals surface area contributed by atoms with E-state index in [1.165, 1.54) is 11.7 Å². The summed E-state index contributed by atoms with van der Waals surface area (Å²) in [6, 6.07) is 0. The first-order valence-corrected chi connectivity index (χ1v) is 8.89. The Kier molecular flexibility index (Phi) is 6.75. The average Bonchev–Trinajstić information content (AvgIpc) is 2.75. The third-order valence-corrected chi connectivity index (χ3v) is 5.42. The minimum absolute atomic E-state index is 0.0563. The van der Waals surface area contributed by atoms with Crippen LogP contribution < -0.4 is 5.32 Å². The topological polar surface area (TPSA) is 97.2 Å². The molecule has 1 aromatic rings. The molecule has 1 N–H and O–H groups in total. The van der Waals surface area contributed by atoms with Gasteiger partial charge in [0.1, 0.15) is 0 Å². The number of aromatic nitrogens is 3. The molecule has 0 aliphatic heterocycles. The summed E-state index contributed by atoms with van der Waals surface area (Å²) in [6.45, 7) is 4.34. The molecular weight excluding hydrogens is 362 g/mol. The molecule has 1 rings (SSSR count). The van der Waals surface area contributed by atoms with E-state index in [4.69, 9.17) is 0 Å². The van der Waals surface area contributed by atoms with Gasteiger partial charge >= 0.3 is 0 Å². The first kappa shape index (κ1) is 18.1. The van der Waals surface area contributed by atoms with Crippen LogP contribution in [-0.4, -0.2) is 53.3 Å². The fraction of sp³-hybridized carbons (Fsp3) is 0.727. The molecule has 0 unspecified atom stereocenters. The molecule has 21 heavy (non-hydrogen) atoms. The summed E-state index contributed by atoms with van der Waals surface area (Å²) in [7, 11) is -2.35. The molecule has 8 nitrogen and oxygen atoms in total. The van der Waals surface area contributed by atoms with E-state index in [2.05, 4.69) is 31.6 Å². The van der Waals surface area contributed by atoms with Crippen LogP contribution in [0.3, 0.4) is 0 Å². The second-order valence-corrected chi connectivity index (χ2v) is 7.10. The molecule has 1 heterocycles. The van der Waals surface area contributed by atoms with Gasteiger partial charge in [-0.2, -0.15) is 4.31 Å². The summed E-state index contributed by atoms with van der Waals surface area (Å²) >= 11 is 3.08. The predicted octanol–water partition coefficient (Wildman–Crippen LogP) is 0.504. The van der Waals surface area contributed by atoms with Crippen LogP contribution in [0.15, 0.2) is 9.63 Å². The van der Waals surface area contributed by atoms with Crippen molar-refractivity contribution in [2.75, 3.05) is 19.6 Å². The number of carbonyl (C=O) groups is 1. The second-order valence-electron chi connectivity index (χ2n) is 4.50. The van der Waals surface area contributed by atoms with Crippen LogP contribution in [0.5, 0.6) is 0 Å². The van der Waals surface area contributed by atoms with Gasteiger partial charge in [-0.15, -0.1) is 5.10 Å². The van der Waals surface area contributed by atoms with E-state index >= 15 is 0 Å². The van der Waals surface area contributed by atoms with Crippen molar-refractivity contribution in [3.63, 3.8) is 0 Å². The van der Waals surface area contributed by atoms with Crippen molar-refractivity contribution in [3.05, 3.63) is 4.60 Å². The molecule has 120 valence electrons. The van der Waals surface area contributed by atoms with E-state index in [-0.39, 0.29) is 28.6 Å². The monoisotopic (exact) mass is 381 g/mol. The third-order valence-electron chi connectivity index (χ3n) is 2.69. The molecule has 0 saturated carbocycles. The smallest absolute Gasteiger partial charge is 0.263 e. The zero-order valence-electron chi connectivity index (χ0n) is 12.3. The summed E-state index contributed by atoms with van der Waals surface area (Å²) < 4.78 is 27.8. The van der Waals surface area contributed by atoms with Gasteiger partial charge in [-0.25, -0.2) is 13.1 Å². The summed E-state index contributed by atoms with van der Waals surface area (Å²) in [6.07, 6.45) is 1.40. The molecule has 1 amide bonds. The fourth-order valence-corrected chi connectivity index (χ4v) is 4.25. The minimum atomic E-state index is -3.84. The zero-order valence-corrected chi connectivity index (χ0v) is 14.7. The number of hydrogen-bond donors (Lipinski definition) is 1. The number of halogens is 1. The van der Waals surface area contributed by atoms with Crippen molar-refractivity contribution in [2.24, 2.45) is 7.05 Å². The molecular formula is C11H20BrN5O3S. The molecule has 1 aromatic heterocycles. The first-order chi connectivity index (χ1) is 9.84. The van der Waals surface area contributed by atoms with Crippen molar-refractivity contribution < 1.29 is 13.2 Å². The maximum absolute atomic E-state index is 12.6. The lowest BCUT2D eigenvalue weighted by Gasteiger charge is -2.20. The number of rotatable bonds is 8. The maximum Gasteiger partial charge on any atom is 0.263 e. The number of nitrogens with one attached hydrogen (secondary N) is 1. The Morgan fingerprint density at radius 3 is 2.52 bits per heavy atom. The van der Waals surface area contributed by atoms with Gasteiger partial charge in [-0.1, -0.05) is 19.1 Å². The lowest BCUT2D eigenvalue weighted by Crippen LogP contribution is -2.41. The Hall–Kier alpha value is -1.00. The van der Waals surface area contributed by atoms with Crippen LogP contribution in [0.4, 0.5) is 0 Å². The van der Waals surface area contributed by atoms with Gasteiger partial charge in [0, 0.05) is 20.1 Å². The minimum Gasteiger partial charge on any atom is -0.355 e. The van der Waals surface area contributed by atoms with E-state index in [1.807, 2.05) is 13.8 Å². The summed E-state index contributed by atoms with van der Waals surface area (Å²) in [5.41, 5.74) is 0. The Bertz CT molecular complexity index is 567. The number of carbonyl (C=O) groups excluding carboxylic acids is 1. The second kappa shape index (κ2) is 7.85. The quantitative estimate of drug-likeness (QED) is 0.707. The van der Waals surface area contributed by atoms with Crippen molar-refractivity contribution in [1.82, 2.24) is 24.6 Å². The molecule has 0 saturated heterocycles. The number of sulfonamides is 1. The van der Waals surface area contributed by atoms with Gasteiger partial charge in [0.15, 0.2) is 4.60 Å². The van der Waals surface area contributed by atoms with Gasteiger partial charge in [0.2, 0.25) is 10.9 Å². The van der Waals surface area contributed by atoms with Crippen LogP contribution >= 0.6 is 15.9 Å². The Labute approximate surface area is 133 Å². The largest absolute Gasteiger partial charge is 0.355 e. The van der Waals surface area contributed by atoms with Gasteiger partial charge < -0.3 is 5.32 Å². The summed E-state index contributed by atoms with van der Waals surface area (Å²) in [5.74, 6) is -0.319. The highest BCUT2D eigenvalue weighted by Crippen LogP contribution is 2.22. The lowest BCUT2D eigenvalue weighted by molar-refractivity contribution is -0.121. The van der Waals surface area contributed by atoms with Crippen LogP contribution in [0, 0.1) is 0 Å². The highest BCUT2D eigenvalue weighted by Gasteiger charge is 2.31. The third kappa shape index (κ3) is 4.48. The molecule has 0 fully saturated rings. The van der Waals surface area contributed by atoms with Gasteiger partial charge in [0.05, 0.1) is 6.54 Å². The highest BCUT2D eigenvalue weighted by atomic mass is 79.9. The molecule has 0 aliphatic rings. The molecule has 0 aliphatic carbocycles. The van der Waals surface area contributed by atoms with E-state index < -0.39 is 10.0 Å². The van der Waals surface area contributed by atoms with Crippen molar-refractivity contribution in [1.29, 1.82) is 0 Å². The Morgan fingerprint density at radius 1 is 1.38 bits per heavy atom. The summed E-state index contributed by atoms with van der Waals surface area (Å²) in [5, 5.41) is 9.96. The molecule has 0 atom stereocenters. The lowest BCUT2D eigenvalue weighted by atomic mass is 10.4. The van der Waals surface area contributed by atoms with Crippen molar-refractivity contribution in [3.8, 4) is 0 Å². The van der Waals surface area contributed by atoms with Gasteiger partial charge in [-0.05, 0) is 28.8 Å². The zero-order chi connectivity index (χ0) is 16.0. The molecule has 0 bridgehead atoms. The summed E-state index contributed by atoms with van der Waals surface area (Å²) in [4.78, 5) is 11.8. The van der Waals surface area contributed by atoms with Crippen molar-refractivity contribution >= 4 is 31.9 Å². The Morgan fingerprint density at radius 2 is 2.05 bits per heavy atom. The first-order valence-electron chi connectivity index (χ1n) is 6.66. The van der Waals surface area contributed by atoms with Crippen LogP contribution in [-0.2, 0) is 21.9 Å². The normalized spacial score (nSPS) is 11.9. The molecule has 0 spiro atoms. The van der Waals surface area contributed by atoms with E-state index in [9.17, 15) is 13.2 Å². The van der Waals surface area contributed by atoms with Crippen LogP contribution in [0.1, 0.15) is 26.7 Å². The molecule has 0 radical (unpaired) electrons. The highest BCUT2D eigenvalue weighted by molar-refractivity contribution is 9.10. The number of amides is 1. The maximum atomic E-state index is 12.6. The van der Waals surface area contributed by atoms with E-state index in [0.717, 1.165) is 10.7 Å². The van der Waals surface area contributed by atoms with E-state index in [0.29, 0.717) is 13.0 Å². The van der Waals surface area contributed by atoms with E-state index in [1.54, 1.807) is 0 Å². The number of nitrogens with zero attached hydrogens (tertiary/aromatic N) is 4. The average molecular weight is 382 g/mol. The van der Waals surface area contributed by atoms with Gasteiger partial charge in [0.25, 0.3) is 10.0 Å². The van der Waals surface area contributed by atoms with Crippen molar-refractivity contribution in [2.45, 2.75) is 31.7 Å². The van der Waals surface area contributed by atoms with Crippen LogP contribution in [0.2, 0.25) is 0 Å². The fourth-order valence-electron chi connectivity index (χ4n) is 1.73. The molecule has 0 aromatic carbocycles. The van der Waals surface area contributed by atoms with Gasteiger partial charge in [-0.3, -0.25) is 4.79 Å². The number of hydrogen-bond acceptors (Lipinski definition) is 5.